The third-order valence-corrected chi connectivity index (χ3v) is 5.01. The number of fused-ring (bicyclic) bond motifs is 1. The quantitative estimate of drug-likeness (QED) is 0.441. The fraction of sp³-hybridized carbons (Fsp3) is 0.227. The average Bonchev–Trinajstić information content (AvgIpc) is 3.31. The molecule has 0 saturated carbocycles. The first-order valence-electron chi connectivity index (χ1n) is 9.86. The molecule has 0 radical (unpaired) electrons. The lowest BCUT2D eigenvalue weighted by atomic mass is 9.89. The van der Waals surface area contributed by atoms with Crippen molar-refractivity contribution in [1.29, 1.82) is 0 Å². The molecule has 0 saturated heterocycles. The molecule has 10 nitrogen and oxygen atoms in total. The van der Waals surface area contributed by atoms with Gasteiger partial charge in [-0.05, 0) is 59.3 Å². The molecule has 0 unspecified atom stereocenters. The van der Waals surface area contributed by atoms with Crippen molar-refractivity contribution in [3.63, 3.8) is 0 Å². The van der Waals surface area contributed by atoms with Crippen molar-refractivity contribution in [2.75, 3.05) is 26.1 Å². The minimum absolute atomic E-state index is 0.0190. The third kappa shape index (κ3) is 3.78. The first kappa shape index (κ1) is 21.0. The molecule has 0 bridgehead atoms. The van der Waals surface area contributed by atoms with Crippen molar-refractivity contribution in [2.45, 2.75) is 13.0 Å². The normalized spacial score (nSPS) is 14.9. The van der Waals surface area contributed by atoms with E-state index in [1.54, 1.807) is 43.5 Å². The van der Waals surface area contributed by atoms with Gasteiger partial charge in [-0.15, -0.1) is 0 Å². The van der Waals surface area contributed by atoms with E-state index in [9.17, 15) is 9.59 Å². The van der Waals surface area contributed by atoms with Crippen molar-refractivity contribution in [3.05, 3.63) is 70.9 Å². The number of rotatable bonds is 7. The highest BCUT2D eigenvalue weighted by molar-refractivity contribution is 6.14. The number of benzene rings is 2. The largest absolute Gasteiger partial charge is 0.497 e. The predicted octanol–water partition coefficient (Wildman–Crippen LogP) is 2.41. The smallest absolute Gasteiger partial charge is 0.355 e. The summed E-state index contributed by atoms with van der Waals surface area (Å²) in [5.41, 5.74) is 1.21. The van der Waals surface area contributed by atoms with Crippen LogP contribution in [0.4, 0.5) is 5.95 Å². The molecule has 1 N–H and O–H groups in total. The van der Waals surface area contributed by atoms with E-state index in [0.717, 1.165) is 0 Å². The van der Waals surface area contributed by atoms with Gasteiger partial charge in [0.15, 0.2) is 5.78 Å². The fourth-order valence-electron chi connectivity index (χ4n) is 3.51. The minimum Gasteiger partial charge on any atom is -0.497 e. The Labute approximate surface area is 183 Å². The molecular formula is C22H21N5O5. The summed E-state index contributed by atoms with van der Waals surface area (Å²) in [5.74, 6) is 0.432. The Kier molecular flexibility index (Phi) is 5.84. The van der Waals surface area contributed by atoms with Crippen LogP contribution in [0.15, 0.2) is 59.8 Å². The third-order valence-electron chi connectivity index (χ3n) is 5.01. The number of esters is 1. The van der Waals surface area contributed by atoms with E-state index in [4.69, 9.17) is 14.2 Å². The van der Waals surface area contributed by atoms with E-state index >= 15 is 0 Å². The highest BCUT2D eigenvalue weighted by Crippen LogP contribution is 2.37. The number of allylic oxidation sites excluding steroid dienone is 1. The van der Waals surface area contributed by atoms with Crippen LogP contribution < -0.4 is 14.8 Å². The first-order chi connectivity index (χ1) is 15.6. The lowest BCUT2D eigenvalue weighted by Gasteiger charge is -2.28. The van der Waals surface area contributed by atoms with Gasteiger partial charge >= 0.3 is 5.97 Å². The van der Waals surface area contributed by atoms with Crippen molar-refractivity contribution in [1.82, 2.24) is 20.2 Å². The topological polar surface area (TPSA) is 117 Å². The maximum absolute atomic E-state index is 13.7. The summed E-state index contributed by atoms with van der Waals surface area (Å²) in [4.78, 5) is 26.3. The average molecular weight is 435 g/mol. The number of carbonyl (C=O) groups excluding carboxylic acids is 2. The maximum atomic E-state index is 13.7. The Hall–Kier alpha value is -4.21. The van der Waals surface area contributed by atoms with Gasteiger partial charge in [0, 0.05) is 5.56 Å². The van der Waals surface area contributed by atoms with Gasteiger partial charge in [0.25, 0.3) is 0 Å². The van der Waals surface area contributed by atoms with Gasteiger partial charge in [-0.3, -0.25) is 4.79 Å². The fourth-order valence-corrected chi connectivity index (χ4v) is 3.51. The summed E-state index contributed by atoms with van der Waals surface area (Å²) in [7, 11) is 2.79. The van der Waals surface area contributed by atoms with Crippen LogP contribution in [0.5, 0.6) is 11.5 Å². The zero-order chi connectivity index (χ0) is 22.7. The molecule has 3 aromatic rings. The van der Waals surface area contributed by atoms with Crippen LogP contribution >= 0.6 is 0 Å². The second-order valence-electron chi connectivity index (χ2n) is 6.81. The predicted molar refractivity (Wildman–Crippen MR) is 114 cm³/mol. The second kappa shape index (κ2) is 8.88. The number of aromatic nitrogens is 4. The van der Waals surface area contributed by atoms with Crippen LogP contribution in [0.3, 0.4) is 0 Å². The van der Waals surface area contributed by atoms with E-state index in [1.807, 2.05) is 19.1 Å². The van der Waals surface area contributed by atoms with E-state index in [0.29, 0.717) is 29.2 Å². The van der Waals surface area contributed by atoms with Gasteiger partial charge < -0.3 is 19.5 Å². The van der Waals surface area contributed by atoms with Crippen molar-refractivity contribution in [2.24, 2.45) is 0 Å². The van der Waals surface area contributed by atoms with Crippen LogP contribution in [0.2, 0.25) is 0 Å². The number of tetrazole rings is 1. The molecule has 1 aliphatic heterocycles. The Morgan fingerprint density at radius 3 is 2.34 bits per heavy atom. The molecule has 0 amide bonds. The highest BCUT2D eigenvalue weighted by atomic mass is 16.5. The Balaban J connectivity index is 1.87. The highest BCUT2D eigenvalue weighted by Gasteiger charge is 2.38. The van der Waals surface area contributed by atoms with E-state index in [-0.39, 0.29) is 23.0 Å². The lowest BCUT2D eigenvalue weighted by molar-refractivity contribution is -0.136. The van der Waals surface area contributed by atoms with Crippen LogP contribution in [-0.2, 0) is 9.53 Å². The molecule has 2 heterocycles. The van der Waals surface area contributed by atoms with Gasteiger partial charge in [0.1, 0.15) is 23.2 Å². The van der Waals surface area contributed by atoms with Crippen molar-refractivity contribution in [3.8, 4) is 11.5 Å². The van der Waals surface area contributed by atoms with E-state index in [2.05, 4.69) is 20.8 Å². The van der Waals surface area contributed by atoms with E-state index in [1.165, 1.54) is 11.8 Å². The molecule has 0 aliphatic carbocycles. The first-order valence-corrected chi connectivity index (χ1v) is 9.86. The zero-order valence-corrected chi connectivity index (χ0v) is 17.7. The van der Waals surface area contributed by atoms with Crippen molar-refractivity contribution < 1.29 is 23.8 Å². The number of ketones is 1. The number of carbonyl (C=O) groups is 2. The lowest BCUT2D eigenvalue weighted by Crippen LogP contribution is -2.32. The number of hydrogen-bond donors (Lipinski definition) is 1. The molecule has 10 heteroatoms. The summed E-state index contributed by atoms with van der Waals surface area (Å²) in [5, 5.41) is 14.5. The molecule has 32 heavy (non-hydrogen) atoms. The van der Waals surface area contributed by atoms with Gasteiger partial charge in [0.2, 0.25) is 5.95 Å². The summed E-state index contributed by atoms with van der Waals surface area (Å²) in [6, 6.07) is 13.1. The number of Topliss-reactive ketones (excluding diaryl/α,β-unsaturated/α-hetero) is 1. The Morgan fingerprint density at radius 2 is 1.72 bits per heavy atom. The summed E-state index contributed by atoms with van der Waals surface area (Å²) < 4.78 is 17.1. The van der Waals surface area contributed by atoms with Crippen LogP contribution in [0.25, 0.3) is 0 Å². The monoisotopic (exact) mass is 435 g/mol. The number of nitrogens with one attached hydrogen (secondary N) is 1. The summed E-state index contributed by atoms with van der Waals surface area (Å²) in [6.07, 6.45) is 0. The maximum Gasteiger partial charge on any atom is 0.355 e. The number of hydrogen-bond acceptors (Lipinski definition) is 9. The zero-order valence-electron chi connectivity index (χ0n) is 17.7. The number of ether oxygens (including phenoxy) is 3. The molecule has 0 fully saturated rings. The molecule has 1 aliphatic rings. The van der Waals surface area contributed by atoms with Crippen LogP contribution in [0.1, 0.15) is 28.9 Å². The summed E-state index contributed by atoms with van der Waals surface area (Å²) >= 11 is 0. The Bertz CT molecular complexity index is 1170. The van der Waals surface area contributed by atoms with Crippen molar-refractivity contribution >= 4 is 17.7 Å². The Morgan fingerprint density at radius 1 is 1.03 bits per heavy atom. The van der Waals surface area contributed by atoms with E-state index < -0.39 is 12.0 Å². The molecule has 2 aromatic carbocycles. The molecule has 1 aromatic heterocycles. The van der Waals surface area contributed by atoms with Gasteiger partial charge in [-0.2, -0.15) is 4.68 Å². The summed E-state index contributed by atoms with van der Waals surface area (Å²) in [6.45, 7) is 2.42. The number of methoxy groups -OCH3 is 2. The van der Waals surface area contributed by atoms with Gasteiger partial charge in [-0.1, -0.05) is 17.2 Å². The van der Waals surface area contributed by atoms with Gasteiger partial charge in [-0.25, -0.2) is 4.79 Å². The molecule has 1 atom stereocenters. The second-order valence-corrected chi connectivity index (χ2v) is 6.81. The molecule has 4 rings (SSSR count). The molecule has 164 valence electrons. The van der Waals surface area contributed by atoms with Crippen LogP contribution in [-0.4, -0.2) is 52.8 Å². The SMILES string of the molecule is CCOc1ccc([C@@H]2C(C(=O)c3ccc(OC)cc3)=C(C(=O)OC)Nc3nnnn32)cc1. The van der Waals surface area contributed by atoms with Crippen LogP contribution in [0, 0.1) is 0 Å². The standard InChI is InChI=1S/C22H21N5O5/c1-4-32-16-11-5-13(6-12-16)19-17(20(28)14-7-9-15(30-2)10-8-14)18(21(29)31-3)23-22-24-25-26-27(19)22/h5-12,19H,4H2,1-3H3,(H,23,24,26)/t19-/m1/s1. The molecule has 0 spiro atoms. The molecular weight excluding hydrogens is 414 g/mol. The number of nitrogens with zero attached hydrogens (tertiary/aromatic N) is 4. The minimum atomic E-state index is -0.763. The number of anilines is 1. The van der Waals surface area contributed by atoms with Gasteiger partial charge in [0.05, 0.1) is 26.4 Å².